The summed E-state index contributed by atoms with van der Waals surface area (Å²) in [6, 6.07) is 8.47. The third-order valence-corrected chi connectivity index (χ3v) is 2.59. The van der Waals surface area contributed by atoms with Crippen molar-refractivity contribution in [3.05, 3.63) is 35.9 Å². The van der Waals surface area contributed by atoms with Crippen LogP contribution in [-0.2, 0) is 10.4 Å². The van der Waals surface area contributed by atoms with Gasteiger partial charge in [0, 0.05) is 5.41 Å². The Hall–Kier alpha value is -1.35. The summed E-state index contributed by atoms with van der Waals surface area (Å²) >= 11 is 0. The number of carbonyl (C=O) groups is 1. The second kappa shape index (κ2) is 3.66. The van der Waals surface area contributed by atoms with Crippen molar-refractivity contribution in [2.45, 2.75) is 26.4 Å². The molecule has 82 valence electrons. The van der Waals surface area contributed by atoms with Crippen LogP contribution in [0.2, 0.25) is 0 Å². The van der Waals surface area contributed by atoms with Gasteiger partial charge in [0.15, 0.2) is 5.60 Å². The number of hydrogen-bond acceptors (Lipinski definition) is 2. The molecule has 1 atom stereocenters. The third-order valence-electron chi connectivity index (χ3n) is 2.59. The van der Waals surface area contributed by atoms with Crippen LogP contribution in [0.4, 0.5) is 0 Å². The van der Waals surface area contributed by atoms with Crippen LogP contribution in [0.1, 0.15) is 26.3 Å². The quantitative estimate of drug-likeness (QED) is 0.781. The lowest BCUT2D eigenvalue weighted by Gasteiger charge is -2.36. The lowest BCUT2D eigenvalue weighted by Crippen LogP contribution is -2.47. The van der Waals surface area contributed by atoms with Gasteiger partial charge in [0.25, 0.3) is 0 Å². The van der Waals surface area contributed by atoms with E-state index >= 15 is 0 Å². The number of carboxylic acids is 1. The molecule has 0 spiro atoms. The molecule has 2 N–H and O–H groups in total. The second-order valence-corrected chi connectivity index (χ2v) is 4.63. The molecule has 1 aromatic carbocycles. The van der Waals surface area contributed by atoms with Crippen LogP contribution in [0.5, 0.6) is 0 Å². The van der Waals surface area contributed by atoms with E-state index in [2.05, 4.69) is 0 Å². The predicted molar refractivity (Wildman–Crippen MR) is 57.4 cm³/mol. The molecule has 0 heterocycles. The van der Waals surface area contributed by atoms with E-state index in [1.165, 1.54) is 0 Å². The highest BCUT2D eigenvalue weighted by Gasteiger charge is 2.48. The normalized spacial score (nSPS) is 15.7. The predicted octanol–water partition coefficient (Wildman–Crippen LogP) is 2.00. The van der Waals surface area contributed by atoms with Crippen molar-refractivity contribution in [3.8, 4) is 0 Å². The van der Waals surface area contributed by atoms with Crippen molar-refractivity contribution in [3.63, 3.8) is 0 Å². The van der Waals surface area contributed by atoms with Crippen LogP contribution in [-0.4, -0.2) is 16.2 Å². The molecule has 0 fully saturated rings. The number of benzene rings is 1. The molecule has 0 radical (unpaired) electrons. The van der Waals surface area contributed by atoms with E-state index in [9.17, 15) is 15.0 Å². The first-order valence-electron chi connectivity index (χ1n) is 4.81. The summed E-state index contributed by atoms with van der Waals surface area (Å²) in [6.45, 7) is 5.11. The van der Waals surface area contributed by atoms with Crippen LogP contribution in [0.15, 0.2) is 30.3 Å². The van der Waals surface area contributed by atoms with Gasteiger partial charge >= 0.3 is 5.97 Å². The fourth-order valence-electron chi connectivity index (χ4n) is 1.56. The van der Waals surface area contributed by atoms with Gasteiger partial charge in [0.1, 0.15) is 0 Å². The lowest BCUT2D eigenvalue weighted by molar-refractivity contribution is -0.173. The van der Waals surface area contributed by atoms with Crippen molar-refractivity contribution in [1.29, 1.82) is 0 Å². The second-order valence-electron chi connectivity index (χ2n) is 4.63. The molecule has 0 aromatic heterocycles. The minimum Gasteiger partial charge on any atom is -0.479 e. The first-order valence-corrected chi connectivity index (χ1v) is 4.81. The number of aliphatic hydroxyl groups is 1. The highest BCUT2D eigenvalue weighted by Crippen LogP contribution is 2.39. The van der Waals surface area contributed by atoms with Gasteiger partial charge in [0.05, 0.1) is 0 Å². The zero-order valence-corrected chi connectivity index (χ0v) is 9.19. The average molecular weight is 208 g/mol. The Labute approximate surface area is 89.4 Å². The maximum Gasteiger partial charge on any atom is 0.340 e. The Kier molecular flexibility index (Phi) is 2.86. The maximum atomic E-state index is 11.2. The monoisotopic (exact) mass is 208 g/mol. The molecule has 0 saturated carbocycles. The summed E-state index contributed by atoms with van der Waals surface area (Å²) in [5, 5.41) is 19.5. The maximum absolute atomic E-state index is 11.2. The lowest BCUT2D eigenvalue weighted by atomic mass is 9.72. The Morgan fingerprint density at radius 1 is 1.13 bits per heavy atom. The molecule has 0 bridgehead atoms. The number of hydrogen-bond donors (Lipinski definition) is 2. The molecule has 3 heteroatoms. The smallest absolute Gasteiger partial charge is 0.340 e. The molecule has 15 heavy (non-hydrogen) atoms. The average Bonchev–Trinajstić information content (AvgIpc) is 2.16. The van der Waals surface area contributed by atoms with E-state index < -0.39 is 17.0 Å². The van der Waals surface area contributed by atoms with Gasteiger partial charge in [-0.3, -0.25) is 0 Å². The largest absolute Gasteiger partial charge is 0.479 e. The van der Waals surface area contributed by atoms with E-state index in [0.29, 0.717) is 5.56 Å². The van der Waals surface area contributed by atoms with Gasteiger partial charge in [0.2, 0.25) is 0 Å². The molecule has 0 aliphatic heterocycles. The minimum absolute atomic E-state index is 0.407. The zero-order valence-electron chi connectivity index (χ0n) is 9.19. The Morgan fingerprint density at radius 2 is 1.60 bits per heavy atom. The van der Waals surface area contributed by atoms with Gasteiger partial charge in [-0.2, -0.15) is 0 Å². The Morgan fingerprint density at radius 3 is 1.93 bits per heavy atom. The molecule has 3 nitrogen and oxygen atoms in total. The number of carboxylic acid groups (broad SMARTS) is 1. The molecule has 0 aliphatic carbocycles. The summed E-state index contributed by atoms with van der Waals surface area (Å²) in [7, 11) is 0. The molecule has 1 rings (SSSR count). The van der Waals surface area contributed by atoms with Crippen molar-refractivity contribution >= 4 is 5.97 Å². The van der Waals surface area contributed by atoms with E-state index in [1.807, 2.05) is 0 Å². The summed E-state index contributed by atoms with van der Waals surface area (Å²) < 4.78 is 0. The molecule has 0 amide bonds. The number of rotatable bonds is 2. The van der Waals surface area contributed by atoms with Crippen LogP contribution in [0, 0.1) is 5.41 Å². The van der Waals surface area contributed by atoms with Crippen LogP contribution >= 0.6 is 0 Å². The highest BCUT2D eigenvalue weighted by atomic mass is 16.4. The Balaban J connectivity index is 3.32. The SMILES string of the molecule is CC(C)(C)C(O)(C(=O)O)c1ccccc1. The first-order chi connectivity index (χ1) is 6.80. The first kappa shape index (κ1) is 11.7. The van der Waals surface area contributed by atoms with Gasteiger partial charge < -0.3 is 10.2 Å². The van der Waals surface area contributed by atoms with Gasteiger partial charge in [-0.25, -0.2) is 4.79 Å². The van der Waals surface area contributed by atoms with Gasteiger partial charge in [-0.1, -0.05) is 51.1 Å². The van der Waals surface area contributed by atoms with E-state index in [-0.39, 0.29) is 0 Å². The van der Waals surface area contributed by atoms with E-state index in [0.717, 1.165) is 0 Å². The topological polar surface area (TPSA) is 57.5 Å². The van der Waals surface area contributed by atoms with Gasteiger partial charge in [-0.05, 0) is 5.56 Å². The van der Waals surface area contributed by atoms with Crippen LogP contribution in [0.3, 0.4) is 0 Å². The summed E-state index contributed by atoms with van der Waals surface area (Å²) in [5.41, 5.74) is -2.21. The fraction of sp³-hybridized carbons (Fsp3) is 0.417. The fourth-order valence-corrected chi connectivity index (χ4v) is 1.56. The third kappa shape index (κ3) is 1.88. The molecule has 0 aliphatic rings. The van der Waals surface area contributed by atoms with Crippen molar-refractivity contribution in [2.24, 2.45) is 5.41 Å². The zero-order chi connectivity index (χ0) is 11.7. The highest BCUT2D eigenvalue weighted by molar-refractivity contribution is 5.80. The van der Waals surface area contributed by atoms with Crippen molar-refractivity contribution < 1.29 is 15.0 Å². The van der Waals surface area contributed by atoms with E-state index in [4.69, 9.17) is 0 Å². The standard InChI is InChI=1S/C12H16O3/c1-11(2,3)12(15,10(13)14)9-7-5-4-6-8-9/h4-8,15H,1-3H3,(H,13,14). The molecule has 1 unspecified atom stereocenters. The summed E-state index contributed by atoms with van der Waals surface area (Å²) in [6.07, 6.45) is 0. The van der Waals surface area contributed by atoms with Crippen molar-refractivity contribution in [2.75, 3.05) is 0 Å². The van der Waals surface area contributed by atoms with Crippen LogP contribution in [0.25, 0.3) is 0 Å². The summed E-state index contributed by atoms with van der Waals surface area (Å²) in [4.78, 5) is 11.2. The van der Waals surface area contributed by atoms with Crippen LogP contribution < -0.4 is 0 Å². The summed E-state index contributed by atoms with van der Waals surface area (Å²) in [5.74, 6) is -1.22. The number of aliphatic carboxylic acids is 1. The molecule has 1 aromatic rings. The van der Waals surface area contributed by atoms with Gasteiger partial charge in [-0.15, -0.1) is 0 Å². The van der Waals surface area contributed by atoms with E-state index in [1.54, 1.807) is 51.1 Å². The Bertz CT molecular complexity index is 351. The molecule has 0 saturated heterocycles. The minimum atomic E-state index is -1.85. The molecular weight excluding hydrogens is 192 g/mol. The molecular formula is C12H16O3. The van der Waals surface area contributed by atoms with Crippen molar-refractivity contribution in [1.82, 2.24) is 0 Å².